The fraction of sp³-hybridized carbons (Fsp3) is 0.333. The topological polar surface area (TPSA) is 66.8 Å². The molecule has 2 atom stereocenters. The van der Waals surface area contributed by atoms with Gasteiger partial charge in [-0.25, -0.2) is 0 Å². The van der Waals surface area contributed by atoms with E-state index in [1.54, 1.807) is 24.5 Å². The number of hydrogen-bond donors (Lipinski definition) is 1. The summed E-state index contributed by atoms with van der Waals surface area (Å²) in [6, 6.07) is 8.92. The van der Waals surface area contributed by atoms with Crippen LogP contribution in [-0.2, 0) is 0 Å². The Balaban J connectivity index is 1.62. The van der Waals surface area contributed by atoms with Gasteiger partial charge in [0, 0.05) is 16.6 Å². The molecule has 6 nitrogen and oxygen atoms in total. The van der Waals surface area contributed by atoms with Gasteiger partial charge < -0.3 is 9.52 Å². The second-order valence-electron chi connectivity index (χ2n) is 7.71. The van der Waals surface area contributed by atoms with Crippen LogP contribution in [0.15, 0.2) is 41.0 Å². The molecule has 0 unspecified atom stereocenters. The predicted octanol–water partition coefficient (Wildman–Crippen LogP) is 5.88. The molecule has 30 heavy (non-hydrogen) atoms. The molecule has 156 valence electrons. The highest BCUT2D eigenvalue weighted by molar-refractivity contribution is 7.17. The Morgan fingerprint density at radius 3 is 2.87 bits per heavy atom. The Bertz CT molecular complexity index is 1190. The Morgan fingerprint density at radius 2 is 2.17 bits per heavy atom. The van der Waals surface area contributed by atoms with E-state index in [1.807, 2.05) is 12.1 Å². The van der Waals surface area contributed by atoms with E-state index in [-0.39, 0.29) is 11.9 Å². The maximum absolute atomic E-state index is 11.1. The van der Waals surface area contributed by atoms with Crippen molar-refractivity contribution in [2.24, 2.45) is 5.92 Å². The molecule has 9 heteroatoms. The molecule has 3 aromatic heterocycles. The van der Waals surface area contributed by atoms with Crippen molar-refractivity contribution in [1.29, 1.82) is 0 Å². The van der Waals surface area contributed by atoms with E-state index >= 15 is 0 Å². The molecule has 4 heterocycles. The molecule has 1 N–H and O–H groups in total. The summed E-state index contributed by atoms with van der Waals surface area (Å²) in [5.74, 6) is 1.66. The summed E-state index contributed by atoms with van der Waals surface area (Å²) in [5.41, 5.74) is 0.918. The van der Waals surface area contributed by atoms with Gasteiger partial charge >= 0.3 is 0 Å². The fourth-order valence-electron chi connectivity index (χ4n) is 4.13. The average Bonchev–Trinajstić information content (AvgIpc) is 3.43. The standard InChI is InChI=1S/C21H20Cl2N4O2S/c1-12-4-2-8-26(11-12)17(14-7-6-13(22)10-15(14)23)18-20(28)27-21(30-18)24-19(25-27)16-5-3-9-29-16/h3,5-7,9-10,12,17,28H,2,4,8,11H2,1H3/t12-,17+/m0/s1. The maximum atomic E-state index is 11.1. The van der Waals surface area contributed by atoms with Crippen LogP contribution in [0.25, 0.3) is 16.5 Å². The molecule has 0 aliphatic carbocycles. The highest BCUT2D eigenvalue weighted by atomic mass is 35.5. The Labute approximate surface area is 187 Å². The van der Waals surface area contributed by atoms with Crippen LogP contribution < -0.4 is 0 Å². The maximum Gasteiger partial charge on any atom is 0.230 e. The molecule has 0 bridgehead atoms. The summed E-state index contributed by atoms with van der Waals surface area (Å²) in [5, 5.41) is 16.7. The van der Waals surface area contributed by atoms with Crippen molar-refractivity contribution in [2.75, 3.05) is 13.1 Å². The number of furan rings is 1. The number of likely N-dealkylation sites (tertiary alicyclic amines) is 1. The number of piperidine rings is 1. The Kier molecular flexibility index (Phi) is 5.23. The van der Waals surface area contributed by atoms with Crippen molar-refractivity contribution in [3.8, 4) is 17.5 Å². The third-order valence-corrected chi connectivity index (χ3v) is 7.14. The van der Waals surface area contributed by atoms with Gasteiger partial charge in [-0.2, -0.15) is 9.50 Å². The van der Waals surface area contributed by atoms with Gasteiger partial charge in [-0.1, -0.05) is 47.5 Å². The Morgan fingerprint density at radius 1 is 1.30 bits per heavy atom. The van der Waals surface area contributed by atoms with Crippen LogP contribution in [0.5, 0.6) is 5.88 Å². The van der Waals surface area contributed by atoms with Crippen LogP contribution in [0.1, 0.15) is 36.2 Å². The van der Waals surface area contributed by atoms with Gasteiger partial charge in [-0.05, 0) is 55.1 Å². The summed E-state index contributed by atoms with van der Waals surface area (Å²) in [6.45, 7) is 4.11. The predicted molar refractivity (Wildman–Crippen MR) is 119 cm³/mol. The van der Waals surface area contributed by atoms with Gasteiger partial charge in [-0.15, -0.1) is 5.10 Å². The van der Waals surface area contributed by atoms with E-state index in [1.165, 1.54) is 22.3 Å². The number of aromatic hydroxyl groups is 1. The minimum atomic E-state index is -0.196. The van der Waals surface area contributed by atoms with E-state index in [4.69, 9.17) is 27.6 Å². The minimum absolute atomic E-state index is 0.0783. The van der Waals surface area contributed by atoms with Gasteiger partial charge in [-0.3, -0.25) is 4.90 Å². The largest absolute Gasteiger partial charge is 0.492 e. The zero-order valence-corrected chi connectivity index (χ0v) is 18.6. The SMILES string of the molecule is C[C@H]1CCCN([C@H](c2ccc(Cl)cc2Cl)c2sc3nc(-c4ccco4)nn3c2O)C1. The minimum Gasteiger partial charge on any atom is -0.492 e. The molecule has 1 saturated heterocycles. The van der Waals surface area contributed by atoms with Crippen molar-refractivity contribution in [1.82, 2.24) is 19.5 Å². The lowest BCUT2D eigenvalue weighted by Crippen LogP contribution is -2.37. The highest BCUT2D eigenvalue weighted by Gasteiger charge is 2.33. The third-order valence-electron chi connectivity index (χ3n) is 5.50. The van der Waals surface area contributed by atoms with E-state index in [9.17, 15) is 5.11 Å². The van der Waals surface area contributed by atoms with Crippen LogP contribution in [-0.4, -0.2) is 37.7 Å². The van der Waals surface area contributed by atoms with Crippen molar-refractivity contribution in [3.05, 3.63) is 57.1 Å². The molecule has 1 fully saturated rings. The molecule has 1 aliphatic rings. The van der Waals surface area contributed by atoms with Crippen LogP contribution in [0.4, 0.5) is 0 Å². The van der Waals surface area contributed by atoms with Gasteiger partial charge in [0.15, 0.2) is 5.76 Å². The summed E-state index contributed by atoms with van der Waals surface area (Å²) in [6.07, 6.45) is 3.88. The monoisotopic (exact) mass is 462 g/mol. The average molecular weight is 463 g/mol. The van der Waals surface area contributed by atoms with Gasteiger partial charge in [0.2, 0.25) is 16.7 Å². The molecular formula is C21H20Cl2N4O2S. The molecule has 0 radical (unpaired) electrons. The van der Waals surface area contributed by atoms with Crippen LogP contribution in [0.2, 0.25) is 10.0 Å². The molecule has 0 amide bonds. The second-order valence-corrected chi connectivity index (χ2v) is 9.56. The summed E-state index contributed by atoms with van der Waals surface area (Å²) >= 11 is 14.2. The molecular weight excluding hydrogens is 443 g/mol. The number of halogens is 2. The van der Waals surface area contributed by atoms with Crippen molar-refractivity contribution in [2.45, 2.75) is 25.8 Å². The smallest absolute Gasteiger partial charge is 0.230 e. The third kappa shape index (κ3) is 3.50. The fourth-order valence-corrected chi connectivity index (χ4v) is 5.75. The van der Waals surface area contributed by atoms with Gasteiger partial charge in [0.05, 0.1) is 17.2 Å². The zero-order valence-electron chi connectivity index (χ0n) is 16.3. The number of aromatic nitrogens is 3. The normalized spacial score (nSPS) is 18.8. The van der Waals surface area contributed by atoms with Crippen molar-refractivity contribution in [3.63, 3.8) is 0 Å². The van der Waals surface area contributed by atoms with E-state index in [0.717, 1.165) is 30.0 Å². The summed E-state index contributed by atoms with van der Waals surface area (Å²) < 4.78 is 6.86. The lowest BCUT2D eigenvalue weighted by atomic mass is 9.95. The molecule has 4 aromatic rings. The number of nitrogens with zero attached hydrogens (tertiary/aromatic N) is 4. The van der Waals surface area contributed by atoms with Crippen LogP contribution in [0.3, 0.4) is 0 Å². The Hall–Kier alpha value is -2.06. The molecule has 1 aliphatic heterocycles. The van der Waals surface area contributed by atoms with Crippen molar-refractivity contribution >= 4 is 39.5 Å². The van der Waals surface area contributed by atoms with Gasteiger partial charge in [0.25, 0.3) is 0 Å². The molecule has 1 aromatic carbocycles. The second kappa shape index (κ2) is 7.89. The highest BCUT2D eigenvalue weighted by Crippen LogP contribution is 2.44. The first-order valence-corrected chi connectivity index (χ1v) is 11.4. The summed E-state index contributed by atoms with van der Waals surface area (Å²) in [4.78, 5) is 8.31. The number of fused-ring (bicyclic) bond motifs is 1. The van der Waals surface area contributed by atoms with E-state index in [0.29, 0.717) is 32.5 Å². The number of benzene rings is 1. The van der Waals surface area contributed by atoms with Crippen LogP contribution >= 0.6 is 34.5 Å². The van der Waals surface area contributed by atoms with E-state index in [2.05, 4.69) is 21.9 Å². The molecule has 0 spiro atoms. The number of hydrogen-bond acceptors (Lipinski definition) is 6. The number of rotatable bonds is 4. The zero-order chi connectivity index (χ0) is 20.8. The first-order valence-electron chi connectivity index (χ1n) is 9.82. The molecule has 5 rings (SSSR count). The lowest BCUT2D eigenvalue weighted by molar-refractivity contribution is 0.149. The number of thiazole rings is 1. The van der Waals surface area contributed by atoms with Crippen LogP contribution in [0, 0.1) is 5.92 Å². The van der Waals surface area contributed by atoms with Gasteiger partial charge in [0.1, 0.15) is 0 Å². The first-order chi connectivity index (χ1) is 14.5. The quantitative estimate of drug-likeness (QED) is 0.409. The van der Waals surface area contributed by atoms with Crippen molar-refractivity contribution < 1.29 is 9.52 Å². The van der Waals surface area contributed by atoms with E-state index < -0.39 is 0 Å². The summed E-state index contributed by atoms with van der Waals surface area (Å²) in [7, 11) is 0. The lowest BCUT2D eigenvalue weighted by Gasteiger charge is -2.37. The molecule has 0 saturated carbocycles. The first kappa shape index (κ1) is 19.9.